The molecular formula is C13H12F3N3O4S. The van der Waals surface area contributed by atoms with Crippen molar-refractivity contribution in [1.29, 1.82) is 0 Å². The van der Waals surface area contributed by atoms with E-state index in [0.717, 1.165) is 12.1 Å². The van der Waals surface area contributed by atoms with Gasteiger partial charge in [0.15, 0.2) is 0 Å². The zero-order valence-electron chi connectivity index (χ0n) is 12.0. The number of aromatic amines is 1. The van der Waals surface area contributed by atoms with Crippen LogP contribution < -0.4 is 4.72 Å². The Hall–Kier alpha value is -2.56. The Morgan fingerprint density at radius 2 is 1.92 bits per heavy atom. The lowest BCUT2D eigenvalue weighted by atomic mass is 10.2. The van der Waals surface area contributed by atoms with Gasteiger partial charge >= 0.3 is 21.5 Å². The maximum absolute atomic E-state index is 12.2. The van der Waals surface area contributed by atoms with Crippen LogP contribution in [0.5, 0.6) is 0 Å². The number of carbonyl (C=O) groups is 1. The summed E-state index contributed by atoms with van der Waals surface area (Å²) in [6, 6.07) is 4.97. The molecule has 0 fully saturated rings. The molecule has 24 heavy (non-hydrogen) atoms. The van der Waals surface area contributed by atoms with Crippen LogP contribution in [0.15, 0.2) is 36.8 Å². The molecule has 0 aliphatic rings. The van der Waals surface area contributed by atoms with Crippen molar-refractivity contribution >= 4 is 21.7 Å². The largest absolute Gasteiger partial charge is 0.516 e. The molecule has 0 unspecified atom stereocenters. The fraction of sp³-hybridized carbons (Fsp3) is 0.231. The number of hydrogen-bond acceptors (Lipinski definition) is 5. The smallest absolute Gasteiger partial charge is 0.461 e. The molecule has 0 amide bonds. The molecule has 0 spiro atoms. The van der Waals surface area contributed by atoms with Crippen LogP contribution in [0, 0.1) is 0 Å². The average molecular weight is 363 g/mol. The van der Waals surface area contributed by atoms with Crippen LogP contribution in [0.3, 0.4) is 0 Å². The summed E-state index contributed by atoms with van der Waals surface area (Å²) in [6.45, 7) is -0.0979. The molecule has 7 nitrogen and oxygen atoms in total. The molecule has 1 heterocycles. The van der Waals surface area contributed by atoms with E-state index in [9.17, 15) is 26.4 Å². The number of imidazole rings is 1. The lowest BCUT2D eigenvalue weighted by Gasteiger charge is -2.11. The molecule has 0 radical (unpaired) electrons. The van der Waals surface area contributed by atoms with Crippen LogP contribution in [0.2, 0.25) is 0 Å². The number of H-pyrrole nitrogens is 1. The normalized spacial score (nSPS) is 12.0. The maximum Gasteiger partial charge on any atom is 0.516 e. The highest BCUT2D eigenvalue weighted by Crippen LogP contribution is 2.25. The van der Waals surface area contributed by atoms with E-state index in [-0.39, 0.29) is 18.7 Å². The van der Waals surface area contributed by atoms with Crippen LogP contribution in [0.25, 0.3) is 0 Å². The van der Waals surface area contributed by atoms with E-state index in [1.807, 2.05) is 0 Å². The monoisotopic (exact) mass is 363 g/mol. The van der Waals surface area contributed by atoms with E-state index in [1.165, 1.54) is 29.4 Å². The van der Waals surface area contributed by atoms with E-state index >= 15 is 0 Å². The van der Waals surface area contributed by atoms with E-state index in [2.05, 4.69) is 9.97 Å². The highest BCUT2D eigenvalue weighted by atomic mass is 32.2. The number of nitrogens with zero attached hydrogens (tertiary/aromatic N) is 1. The maximum atomic E-state index is 12.2. The predicted octanol–water partition coefficient (Wildman–Crippen LogP) is 1.96. The first-order valence-electron chi connectivity index (χ1n) is 6.48. The molecule has 2 N–H and O–H groups in total. The van der Waals surface area contributed by atoms with Crippen molar-refractivity contribution in [2.75, 3.05) is 4.72 Å². The van der Waals surface area contributed by atoms with Crippen molar-refractivity contribution in [3.63, 3.8) is 0 Å². The van der Waals surface area contributed by atoms with Gasteiger partial charge in [-0.3, -0.25) is 9.52 Å². The van der Waals surface area contributed by atoms with E-state index in [0.29, 0.717) is 11.3 Å². The molecule has 11 heteroatoms. The zero-order chi connectivity index (χ0) is 17.8. The minimum Gasteiger partial charge on any atom is -0.461 e. The van der Waals surface area contributed by atoms with Crippen molar-refractivity contribution in [1.82, 2.24) is 9.97 Å². The van der Waals surface area contributed by atoms with Gasteiger partial charge in [-0.15, -0.1) is 0 Å². The van der Waals surface area contributed by atoms with Crippen LogP contribution in [-0.4, -0.2) is 29.9 Å². The number of anilines is 1. The summed E-state index contributed by atoms with van der Waals surface area (Å²) in [4.78, 5) is 18.1. The second-order valence-electron chi connectivity index (χ2n) is 4.66. The third-order valence-electron chi connectivity index (χ3n) is 2.80. The van der Waals surface area contributed by atoms with Gasteiger partial charge in [0.1, 0.15) is 6.61 Å². The Balaban J connectivity index is 1.89. The fourth-order valence-electron chi connectivity index (χ4n) is 1.63. The standard InChI is InChI=1S/C13H12F3N3O4S/c14-13(15,16)24(21,22)19-10-3-1-9(2-4-10)7-23-12(20)5-11-6-17-8-18-11/h1-4,6,8,19H,5,7H2,(H,17,18). The van der Waals surface area contributed by atoms with Crippen molar-refractivity contribution in [2.45, 2.75) is 18.5 Å². The number of hydrogen-bond donors (Lipinski definition) is 2. The minimum atomic E-state index is -5.46. The fourth-order valence-corrected chi connectivity index (χ4v) is 2.20. The number of esters is 1. The molecule has 1 aromatic heterocycles. The highest BCUT2D eigenvalue weighted by molar-refractivity contribution is 7.93. The highest BCUT2D eigenvalue weighted by Gasteiger charge is 2.45. The number of benzene rings is 1. The lowest BCUT2D eigenvalue weighted by Crippen LogP contribution is -2.29. The van der Waals surface area contributed by atoms with Gasteiger partial charge in [0.2, 0.25) is 0 Å². The Bertz CT molecular complexity index is 787. The summed E-state index contributed by atoms with van der Waals surface area (Å²) >= 11 is 0. The molecular weight excluding hydrogens is 351 g/mol. The topological polar surface area (TPSA) is 101 Å². The first kappa shape index (κ1) is 17.8. The number of aromatic nitrogens is 2. The number of halogens is 3. The van der Waals surface area contributed by atoms with Crippen molar-refractivity contribution < 1.29 is 31.1 Å². The number of nitrogens with one attached hydrogen (secondary N) is 2. The van der Waals surface area contributed by atoms with Gasteiger partial charge in [-0.1, -0.05) is 12.1 Å². The van der Waals surface area contributed by atoms with Gasteiger partial charge < -0.3 is 9.72 Å². The Morgan fingerprint density at radius 1 is 1.25 bits per heavy atom. The van der Waals surface area contributed by atoms with E-state index in [1.54, 1.807) is 0 Å². The molecule has 0 saturated heterocycles. The van der Waals surface area contributed by atoms with E-state index in [4.69, 9.17) is 4.74 Å². The number of sulfonamides is 1. The summed E-state index contributed by atoms with van der Waals surface area (Å²) in [5.74, 6) is -0.513. The third kappa shape index (κ3) is 4.72. The lowest BCUT2D eigenvalue weighted by molar-refractivity contribution is -0.144. The first-order chi connectivity index (χ1) is 11.2. The van der Waals surface area contributed by atoms with Gasteiger partial charge in [0.05, 0.1) is 12.7 Å². The van der Waals surface area contributed by atoms with Crippen molar-refractivity contribution in [3.05, 3.63) is 48.0 Å². The molecule has 0 saturated carbocycles. The third-order valence-corrected chi connectivity index (χ3v) is 3.91. The molecule has 0 aliphatic heterocycles. The van der Waals surface area contributed by atoms with Crippen LogP contribution in [-0.2, 0) is 32.6 Å². The van der Waals surface area contributed by atoms with Gasteiger partial charge in [-0.25, -0.2) is 4.98 Å². The van der Waals surface area contributed by atoms with Crippen molar-refractivity contribution in [3.8, 4) is 0 Å². The minimum absolute atomic E-state index is 0.00344. The Kier molecular flexibility index (Phi) is 5.12. The summed E-state index contributed by atoms with van der Waals surface area (Å²) in [5.41, 5.74) is -4.58. The number of rotatable bonds is 6. The molecule has 130 valence electrons. The number of alkyl halides is 3. The molecule has 1 aromatic carbocycles. The van der Waals surface area contributed by atoms with Gasteiger partial charge in [-0.2, -0.15) is 21.6 Å². The number of ether oxygens (including phenoxy) is 1. The molecule has 0 atom stereocenters. The van der Waals surface area contributed by atoms with Crippen LogP contribution in [0.4, 0.5) is 18.9 Å². The Morgan fingerprint density at radius 3 is 2.46 bits per heavy atom. The second-order valence-corrected chi connectivity index (χ2v) is 6.34. The summed E-state index contributed by atoms with van der Waals surface area (Å²) in [6.07, 6.45) is 2.90. The Labute approximate surface area is 134 Å². The SMILES string of the molecule is O=C(Cc1cnc[nH]1)OCc1ccc(NS(=O)(=O)C(F)(F)F)cc1. The zero-order valence-corrected chi connectivity index (χ0v) is 12.8. The van der Waals surface area contributed by atoms with Crippen LogP contribution in [0.1, 0.15) is 11.3 Å². The van der Waals surface area contributed by atoms with Crippen molar-refractivity contribution in [2.24, 2.45) is 0 Å². The summed E-state index contributed by atoms with van der Waals surface area (Å²) in [7, 11) is -5.46. The first-order valence-corrected chi connectivity index (χ1v) is 7.96. The molecule has 0 aliphatic carbocycles. The summed E-state index contributed by atoms with van der Waals surface area (Å²) < 4.78 is 65.1. The summed E-state index contributed by atoms with van der Waals surface area (Å²) in [5, 5.41) is 0. The molecule has 2 aromatic rings. The number of carbonyl (C=O) groups excluding carboxylic acids is 1. The van der Waals surface area contributed by atoms with Gasteiger partial charge in [0.25, 0.3) is 0 Å². The molecule has 2 rings (SSSR count). The second kappa shape index (κ2) is 6.91. The van der Waals surface area contributed by atoms with Gasteiger partial charge in [-0.05, 0) is 17.7 Å². The average Bonchev–Trinajstić information content (AvgIpc) is 2.98. The van der Waals surface area contributed by atoms with Gasteiger partial charge in [0, 0.05) is 17.6 Å². The predicted molar refractivity (Wildman–Crippen MR) is 77.1 cm³/mol. The quantitative estimate of drug-likeness (QED) is 0.764. The van der Waals surface area contributed by atoms with E-state index < -0.39 is 21.5 Å². The van der Waals surface area contributed by atoms with Crippen LogP contribution >= 0.6 is 0 Å². The molecule has 0 bridgehead atoms.